The summed E-state index contributed by atoms with van der Waals surface area (Å²) in [7, 11) is 0. The van der Waals surface area contributed by atoms with Crippen LogP contribution in [0, 0.1) is 15.2 Å². The van der Waals surface area contributed by atoms with Crippen LogP contribution in [0.5, 0.6) is 0 Å². The Bertz CT molecular complexity index is 424. The number of carbonyl (C=O) groups excluding carboxylic acids is 1. The van der Waals surface area contributed by atoms with E-state index in [1.54, 1.807) is 22.6 Å². The number of carbonyl (C=O) groups is 1. The summed E-state index contributed by atoms with van der Waals surface area (Å²) in [6.07, 6.45) is 1.69. The van der Waals surface area contributed by atoms with E-state index in [-0.39, 0.29) is 21.2 Å². The molecule has 17 heavy (non-hydrogen) atoms. The number of hydrogen-bond donors (Lipinski definition) is 2. The molecule has 1 unspecified atom stereocenters. The summed E-state index contributed by atoms with van der Waals surface area (Å²) in [6, 6.07) is 1.98. The summed E-state index contributed by atoms with van der Waals surface area (Å²) in [6.45, 7) is 0.799. The standard InChI is InChI=1S/C11H11F2IN2O/c12-7-4-6(5-8(13)10(7)14)16-11(17)9-2-1-3-15-9/h4-5,9,15H,1-3H2,(H,16,17). The van der Waals surface area contributed by atoms with Gasteiger partial charge in [0, 0.05) is 5.69 Å². The Morgan fingerprint density at radius 3 is 2.59 bits per heavy atom. The zero-order valence-corrected chi connectivity index (χ0v) is 11.1. The summed E-state index contributed by atoms with van der Waals surface area (Å²) < 4.78 is 26.4. The molecule has 3 nitrogen and oxygen atoms in total. The van der Waals surface area contributed by atoms with Crippen molar-refractivity contribution < 1.29 is 13.6 Å². The number of anilines is 1. The molecular weight excluding hydrogens is 341 g/mol. The first-order valence-corrected chi connectivity index (χ1v) is 6.34. The predicted molar refractivity (Wildman–Crippen MR) is 68.7 cm³/mol. The first-order valence-electron chi connectivity index (χ1n) is 5.26. The number of nitrogens with one attached hydrogen (secondary N) is 2. The van der Waals surface area contributed by atoms with Crippen LogP contribution in [0.2, 0.25) is 0 Å². The summed E-state index contributed by atoms with van der Waals surface area (Å²) in [5, 5.41) is 5.52. The highest BCUT2D eigenvalue weighted by atomic mass is 127. The van der Waals surface area contributed by atoms with Gasteiger partial charge in [0.1, 0.15) is 11.6 Å². The second kappa shape index (κ2) is 5.26. The first kappa shape index (κ1) is 12.7. The second-order valence-corrected chi connectivity index (χ2v) is 4.97. The van der Waals surface area contributed by atoms with E-state index in [0.717, 1.165) is 31.5 Å². The van der Waals surface area contributed by atoms with E-state index < -0.39 is 11.6 Å². The molecule has 1 aromatic rings. The van der Waals surface area contributed by atoms with E-state index in [0.29, 0.717) is 0 Å². The van der Waals surface area contributed by atoms with Crippen LogP contribution >= 0.6 is 22.6 Å². The van der Waals surface area contributed by atoms with E-state index in [2.05, 4.69) is 10.6 Å². The molecule has 0 aliphatic carbocycles. The molecule has 92 valence electrons. The molecular formula is C11H11F2IN2O. The van der Waals surface area contributed by atoms with Crippen LogP contribution in [0.1, 0.15) is 12.8 Å². The van der Waals surface area contributed by atoms with Crippen LogP contribution < -0.4 is 10.6 Å². The Balaban J connectivity index is 2.10. The molecule has 1 aliphatic heterocycles. The molecule has 1 heterocycles. The average molecular weight is 352 g/mol. The van der Waals surface area contributed by atoms with Gasteiger partial charge in [0.2, 0.25) is 5.91 Å². The molecule has 0 bridgehead atoms. The quantitative estimate of drug-likeness (QED) is 0.633. The zero-order chi connectivity index (χ0) is 12.4. The minimum absolute atomic E-state index is 0.0698. The van der Waals surface area contributed by atoms with Crippen molar-refractivity contribution in [2.75, 3.05) is 11.9 Å². The van der Waals surface area contributed by atoms with Crippen LogP contribution in [0.25, 0.3) is 0 Å². The fraction of sp³-hybridized carbons (Fsp3) is 0.364. The molecule has 0 aromatic heterocycles. The number of halogens is 3. The highest BCUT2D eigenvalue weighted by Crippen LogP contribution is 2.21. The third-order valence-corrected chi connectivity index (χ3v) is 3.66. The van der Waals surface area contributed by atoms with E-state index >= 15 is 0 Å². The minimum atomic E-state index is -0.666. The minimum Gasteiger partial charge on any atom is -0.325 e. The van der Waals surface area contributed by atoms with Gasteiger partial charge in [-0.3, -0.25) is 4.79 Å². The number of benzene rings is 1. The molecule has 1 amide bonds. The maximum Gasteiger partial charge on any atom is 0.241 e. The van der Waals surface area contributed by atoms with Crippen LogP contribution in [0.4, 0.5) is 14.5 Å². The van der Waals surface area contributed by atoms with Gasteiger partial charge >= 0.3 is 0 Å². The lowest BCUT2D eigenvalue weighted by atomic mass is 10.2. The molecule has 1 atom stereocenters. The summed E-state index contributed by atoms with van der Waals surface area (Å²) in [4.78, 5) is 11.7. The van der Waals surface area contributed by atoms with E-state index in [4.69, 9.17) is 0 Å². The molecule has 0 radical (unpaired) electrons. The molecule has 1 aliphatic rings. The fourth-order valence-electron chi connectivity index (χ4n) is 1.77. The van der Waals surface area contributed by atoms with Crippen molar-refractivity contribution in [1.82, 2.24) is 5.32 Å². The molecule has 1 saturated heterocycles. The van der Waals surface area contributed by atoms with Crippen molar-refractivity contribution in [3.8, 4) is 0 Å². The maximum absolute atomic E-state index is 13.3. The molecule has 0 spiro atoms. The van der Waals surface area contributed by atoms with Gasteiger partial charge in [0.05, 0.1) is 9.61 Å². The predicted octanol–water partition coefficient (Wildman–Crippen LogP) is 2.26. The largest absolute Gasteiger partial charge is 0.325 e. The third kappa shape index (κ3) is 2.92. The maximum atomic E-state index is 13.3. The summed E-state index contributed by atoms with van der Waals surface area (Å²) in [5.74, 6) is -1.58. The highest BCUT2D eigenvalue weighted by Gasteiger charge is 2.22. The summed E-state index contributed by atoms with van der Waals surface area (Å²) in [5.41, 5.74) is 0.152. The molecule has 0 saturated carbocycles. The van der Waals surface area contributed by atoms with Crippen molar-refractivity contribution in [3.05, 3.63) is 27.3 Å². The van der Waals surface area contributed by atoms with Gasteiger partial charge < -0.3 is 10.6 Å². The Morgan fingerprint density at radius 1 is 1.41 bits per heavy atom. The van der Waals surface area contributed by atoms with Crippen molar-refractivity contribution in [1.29, 1.82) is 0 Å². The third-order valence-electron chi connectivity index (χ3n) is 2.63. The topological polar surface area (TPSA) is 41.1 Å². The Labute approximate surface area is 111 Å². The van der Waals surface area contributed by atoms with Gasteiger partial charge in [-0.25, -0.2) is 8.78 Å². The molecule has 1 aromatic carbocycles. The monoisotopic (exact) mass is 352 g/mol. The van der Waals surface area contributed by atoms with Gasteiger partial charge in [-0.2, -0.15) is 0 Å². The number of hydrogen-bond acceptors (Lipinski definition) is 2. The van der Waals surface area contributed by atoms with E-state index in [1.165, 1.54) is 0 Å². The van der Waals surface area contributed by atoms with Gasteiger partial charge in [0.25, 0.3) is 0 Å². The van der Waals surface area contributed by atoms with Crippen LogP contribution in [-0.2, 0) is 4.79 Å². The van der Waals surface area contributed by atoms with Crippen molar-refractivity contribution in [2.24, 2.45) is 0 Å². The van der Waals surface area contributed by atoms with Gasteiger partial charge in [-0.05, 0) is 54.1 Å². The molecule has 2 rings (SSSR count). The number of rotatable bonds is 2. The zero-order valence-electron chi connectivity index (χ0n) is 8.90. The fourth-order valence-corrected chi connectivity index (χ4v) is 2.08. The lowest BCUT2D eigenvalue weighted by Gasteiger charge is -2.11. The SMILES string of the molecule is O=C(Nc1cc(F)c(I)c(F)c1)C1CCCN1. The summed E-state index contributed by atoms with van der Waals surface area (Å²) >= 11 is 1.58. The van der Waals surface area contributed by atoms with Gasteiger partial charge in [-0.15, -0.1) is 0 Å². The van der Waals surface area contributed by atoms with Crippen LogP contribution in [-0.4, -0.2) is 18.5 Å². The highest BCUT2D eigenvalue weighted by molar-refractivity contribution is 14.1. The van der Waals surface area contributed by atoms with Crippen LogP contribution in [0.3, 0.4) is 0 Å². The first-order chi connectivity index (χ1) is 8.08. The van der Waals surface area contributed by atoms with Crippen molar-refractivity contribution in [2.45, 2.75) is 18.9 Å². The average Bonchev–Trinajstić information content (AvgIpc) is 2.79. The lowest BCUT2D eigenvalue weighted by molar-refractivity contribution is -0.117. The second-order valence-electron chi connectivity index (χ2n) is 3.89. The van der Waals surface area contributed by atoms with Crippen molar-refractivity contribution >= 4 is 34.2 Å². The van der Waals surface area contributed by atoms with Crippen LogP contribution in [0.15, 0.2) is 12.1 Å². The van der Waals surface area contributed by atoms with E-state index in [1.807, 2.05) is 0 Å². The van der Waals surface area contributed by atoms with E-state index in [9.17, 15) is 13.6 Å². The molecule has 6 heteroatoms. The van der Waals surface area contributed by atoms with Gasteiger partial charge in [0.15, 0.2) is 0 Å². The normalized spacial score (nSPS) is 19.4. The van der Waals surface area contributed by atoms with Gasteiger partial charge in [-0.1, -0.05) is 0 Å². The molecule has 1 fully saturated rings. The molecule has 2 N–H and O–H groups in total. The number of amides is 1. The Hall–Kier alpha value is -0.760. The lowest BCUT2D eigenvalue weighted by Crippen LogP contribution is -2.35. The van der Waals surface area contributed by atoms with Crippen molar-refractivity contribution in [3.63, 3.8) is 0 Å². The Kier molecular flexibility index (Phi) is 3.93. The smallest absolute Gasteiger partial charge is 0.241 e. The Morgan fingerprint density at radius 2 is 2.06 bits per heavy atom.